The zero-order valence-corrected chi connectivity index (χ0v) is 4.70. The molecule has 0 fully saturated rings. The highest BCUT2D eigenvalue weighted by Crippen LogP contribution is 2.23. The smallest absolute Gasteiger partial charge is 0.181 e. The Hall–Kier alpha value is -1.45. The van der Waals surface area contributed by atoms with Crippen LogP contribution in [0.5, 0.6) is 5.75 Å². The Kier molecular flexibility index (Phi) is 1.14. The average molecular weight is 125 g/mol. The van der Waals surface area contributed by atoms with Crippen molar-refractivity contribution < 1.29 is 5.11 Å². The van der Waals surface area contributed by atoms with Crippen molar-refractivity contribution in [3.8, 4) is 5.75 Å². The van der Waals surface area contributed by atoms with E-state index in [2.05, 4.69) is 4.98 Å². The Morgan fingerprint density at radius 2 is 2.11 bits per heavy atom. The minimum absolute atomic E-state index is 0.0648. The summed E-state index contributed by atoms with van der Waals surface area (Å²) in [6.45, 7) is 0. The molecule has 0 aromatic carbocycles. The van der Waals surface area contributed by atoms with E-state index in [4.69, 9.17) is 16.6 Å². The summed E-state index contributed by atoms with van der Waals surface area (Å²) in [5.41, 5.74) is 10.7. The summed E-state index contributed by atoms with van der Waals surface area (Å²) in [6, 6.07) is 1.48. The van der Waals surface area contributed by atoms with E-state index < -0.39 is 0 Å². The van der Waals surface area contributed by atoms with Gasteiger partial charge in [0, 0.05) is 6.20 Å². The molecule has 1 aromatic heterocycles. The molecule has 1 rings (SSSR count). The fourth-order valence-corrected chi connectivity index (χ4v) is 0.486. The second-order valence-corrected chi connectivity index (χ2v) is 1.63. The monoisotopic (exact) mass is 125 g/mol. The van der Waals surface area contributed by atoms with Gasteiger partial charge in [-0.25, -0.2) is 4.98 Å². The standard InChI is InChI=1S/C5H7N3O/c6-3-1-2-8-5(7)4(3)9/h1-2,9H,(H4,6,7,8). The fourth-order valence-electron chi connectivity index (χ4n) is 0.486. The van der Waals surface area contributed by atoms with Gasteiger partial charge in [0.05, 0.1) is 5.69 Å². The van der Waals surface area contributed by atoms with E-state index in [0.29, 0.717) is 0 Å². The van der Waals surface area contributed by atoms with Gasteiger partial charge in [-0.2, -0.15) is 0 Å². The summed E-state index contributed by atoms with van der Waals surface area (Å²) >= 11 is 0. The molecule has 4 heteroatoms. The summed E-state index contributed by atoms with van der Waals surface area (Å²) in [5.74, 6) is -0.0764. The largest absolute Gasteiger partial charge is 0.503 e. The lowest BCUT2D eigenvalue weighted by molar-refractivity contribution is 0.478. The molecular weight excluding hydrogens is 118 g/mol. The lowest BCUT2D eigenvalue weighted by Gasteiger charge is -1.97. The van der Waals surface area contributed by atoms with Gasteiger partial charge in [0.15, 0.2) is 11.6 Å². The maximum Gasteiger partial charge on any atom is 0.181 e. The highest BCUT2D eigenvalue weighted by Gasteiger charge is 1.98. The van der Waals surface area contributed by atoms with Crippen LogP contribution in [0.3, 0.4) is 0 Å². The first kappa shape index (κ1) is 5.68. The Morgan fingerprint density at radius 3 is 2.56 bits per heavy atom. The van der Waals surface area contributed by atoms with E-state index in [1.165, 1.54) is 12.3 Å². The number of hydrogen-bond acceptors (Lipinski definition) is 4. The summed E-state index contributed by atoms with van der Waals surface area (Å²) in [7, 11) is 0. The third kappa shape index (κ3) is 0.861. The van der Waals surface area contributed by atoms with E-state index in [0.717, 1.165) is 0 Å². The SMILES string of the molecule is Nc1ccnc(N)c1O. The van der Waals surface area contributed by atoms with Crippen LogP contribution in [0.25, 0.3) is 0 Å². The van der Waals surface area contributed by atoms with E-state index in [1.807, 2.05) is 0 Å². The highest BCUT2D eigenvalue weighted by molar-refractivity contribution is 5.61. The Labute approximate surface area is 52.1 Å². The Balaban J connectivity index is 3.25. The number of nitrogens with zero attached hydrogens (tertiary/aromatic N) is 1. The normalized spacial score (nSPS) is 9.33. The molecule has 0 radical (unpaired) electrons. The molecule has 0 aliphatic carbocycles. The first-order valence-corrected chi connectivity index (χ1v) is 2.40. The van der Waals surface area contributed by atoms with Gasteiger partial charge in [0.25, 0.3) is 0 Å². The molecule has 0 bridgehead atoms. The summed E-state index contributed by atoms with van der Waals surface area (Å²) < 4.78 is 0. The molecular formula is C5H7N3O. The number of anilines is 2. The summed E-state index contributed by atoms with van der Waals surface area (Å²) in [5, 5.41) is 8.89. The molecule has 9 heavy (non-hydrogen) atoms. The van der Waals surface area contributed by atoms with Crippen LogP contribution in [-0.2, 0) is 0 Å². The van der Waals surface area contributed by atoms with Crippen LogP contribution in [0.15, 0.2) is 12.3 Å². The lowest BCUT2D eigenvalue weighted by Crippen LogP contribution is -1.93. The number of pyridine rings is 1. The maximum atomic E-state index is 8.89. The third-order valence-electron chi connectivity index (χ3n) is 0.984. The second-order valence-electron chi connectivity index (χ2n) is 1.63. The van der Waals surface area contributed by atoms with Crippen LogP contribution in [-0.4, -0.2) is 10.1 Å². The molecule has 1 aromatic rings. The number of aromatic hydroxyl groups is 1. The minimum atomic E-state index is -0.141. The van der Waals surface area contributed by atoms with E-state index in [-0.39, 0.29) is 17.3 Å². The zero-order valence-electron chi connectivity index (χ0n) is 4.70. The number of nitrogens with two attached hydrogens (primary N) is 2. The van der Waals surface area contributed by atoms with Crippen LogP contribution >= 0.6 is 0 Å². The van der Waals surface area contributed by atoms with Gasteiger partial charge < -0.3 is 16.6 Å². The van der Waals surface area contributed by atoms with Crippen molar-refractivity contribution in [3.05, 3.63) is 12.3 Å². The fraction of sp³-hybridized carbons (Fsp3) is 0. The van der Waals surface area contributed by atoms with E-state index in [1.54, 1.807) is 0 Å². The van der Waals surface area contributed by atoms with Gasteiger partial charge in [-0.1, -0.05) is 0 Å². The Bertz CT molecular complexity index is 203. The number of rotatable bonds is 0. The highest BCUT2D eigenvalue weighted by atomic mass is 16.3. The molecule has 0 saturated heterocycles. The van der Waals surface area contributed by atoms with E-state index in [9.17, 15) is 0 Å². The van der Waals surface area contributed by atoms with Crippen LogP contribution < -0.4 is 11.5 Å². The first-order valence-electron chi connectivity index (χ1n) is 2.40. The quantitative estimate of drug-likeness (QED) is 0.454. The van der Waals surface area contributed by atoms with Gasteiger partial charge in [-0.05, 0) is 6.07 Å². The molecule has 0 spiro atoms. The summed E-state index contributed by atoms with van der Waals surface area (Å²) in [4.78, 5) is 3.59. The topological polar surface area (TPSA) is 85.2 Å². The summed E-state index contributed by atoms with van der Waals surface area (Å²) in [6.07, 6.45) is 1.43. The van der Waals surface area contributed by atoms with Crippen LogP contribution in [0, 0.1) is 0 Å². The molecule has 4 nitrogen and oxygen atoms in total. The molecule has 1 heterocycles. The molecule has 0 aliphatic rings. The third-order valence-corrected chi connectivity index (χ3v) is 0.984. The lowest BCUT2D eigenvalue weighted by atomic mass is 10.4. The second kappa shape index (κ2) is 1.81. The van der Waals surface area contributed by atoms with Crippen LogP contribution in [0.4, 0.5) is 11.5 Å². The van der Waals surface area contributed by atoms with Crippen molar-refractivity contribution >= 4 is 11.5 Å². The molecule has 5 N–H and O–H groups in total. The number of aromatic nitrogens is 1. The van der Waals surface area contributed by atoms with Crippen molar-refractivity contribution in [2.24, 2.45) is 0 Å². The minimum Gasteiger partial charge on any atom is -0.503 e. The molecule has 0 atom stereocenters. The molecule has 48 valence electrons. The first-order chi connectivity index (χ1) is 4.22. The van der Waals surface area contributed by atoms with Gasteiger partial charge in [0.2, 0.25) is 0 Å². The zero-order chi connectivity index (χ0) is 6.85. The molecule has 0 amide bonds. The molecule has 0 aliphatic heterocycles. The van der Waals surface area contributed by atoms with Gasteiger partial charge in [-0.15, -0.1) is 0 Å². The molecule has 0 unspecified atom stereocenters. The van der Waals surface area contributed by atoms with Crippen molar-refractivity contribution in [1.29, 1.82) is 0 Å². The predicted molar refractivity (Wildman–Crippen MR) is 34.7 cm³/mol. The van der Waals surface area contributed by atoms with Crippen LogP contribution in [0.1, 0.15) is 0 Å². The average Bonchev–Trinajstić information content (AvgIpc) is 1.83. The number of nitrogen functional groups attached to an aromatic ring is 2. The van der Waals surface area contributed by atoms with Gasteiger partial charge in [-0.3, -0.25) is 0 Å². The van der Waals surface area contributed by atoms with Gasteiger partial charge >= 0.3 is 0 Å². The molecule has 0 saturated carbocycles. The van der Waals surface area contributed by atoms with E-state index >= 15 is 0 Å². The van der Waals surface area contributed by atoms with Gasteiger partial charge in [0.1, 0.15) is 0 Å². The number of hydrogen-bond donors (Lipinski definition) is 3. The maximum absolute atomic E-state index is 8.89. The van der Waals surface area contributed by atoms with Crippen molar-refractivity contribution in [1.82, 2.24) is 4.98 Å². The van der Waals surface area contributed by atoms with Crippen molar-refractivity contribution in [3.63, 3.8) is 0 Å². The predicted octanol–water partition coefficient (Wildman–Crippen LogP) is -0.0484. The van der Waals surface area contributed by atoms with Crippen molar-refractivity contribution in [2.45, 2.75) is 0 Å². The van der Waals surface area contributed by atoms with Crippen LogP contribution in [0.2, 0.25) is 0 Å². The Morgan fingerprint density at radius 1 is 1.44 bits per heavy atom. The van der Waals surface area contributed by atoms with Crippen molar-refractivity contribution in [2.75, 3.05) is 11.5 Å².